The molecule has 0 radical (unpaired) electrons. The van der Waals surface area contributed by atoms with Gasteiger partial charge in [0.1, 0.15) is 5.92 Å². The number of hydrogen-bond acceptors (Lipinski definition) is 6. The molecule has 0 fully saturated rings. The van der Waals surface area contributed by atoms with Crippen LogP contribution in [0.3, 0.4) is 0 Å². The maximum absolute atomic E-state index is 12.5. The maximum Gasteiger partial charge on any atom is 0.196 e. The zero-order valence-corrected chi connectivity index (χ0v) is 20.8. The van der Waals surface area contributed by atoms with Gasteiger partial charge in [-0.3, -0.25) is 9.36 Å². The highest BCUT2D eigenvalue weighted by molar-refractivity contribution is 7.99. The zero-order chi connectivity index (χ0) is 24.3. The number of nitrogens with zero attached hydrogens (tertiary/aromatic N) is 4. The molecule has 6 nitrogen and oxygen atoms in total. The fraction of sp³-hybridized carbons (Fsp3) is 0.250. The first kappa shape index (κ1) is 24.8. The number of ketones is 1. The van der Waals surface area contributed by atoms with E-state index in [0.29, 0.717) is 26.7 Å². The summed E-state index contributed by atoms with van der Waals surface area (Å²) in [6.45, 7) is 9.95. The highest BCUT2D eigenvalue weighted by Gasteiger charge is 2.24. The van der Waals surface area contributed by atoms with E-state index >= 15 is 0 Å². The maximum atomic E-state index is 12.5. The van der Waals surface area contributed by atoms with Crippen molar-refractivity contribution in [3.8, 4) is 23.1 Å². The largest absolute Gasteiger partial charge is 0.401 e. The van der Waals surface area contributed by atoms with Gasteiger partial charge in [-0.1, -0.05) is 92.6 Å². The lowest BCUT2D eigenvalue weighted by molar-refractivity contribution is -0.117. The second-order valence-corrected chi connectivity index (χ2v) is 10.2. The van der Waals surface area contributed by atoms with Gasteiger partial charge in [0.15, 0.2) is 16.8 Å². The molecule has 0 saturated carbocycles. The molecule has 0 aliphatic carbocycles. The molecule has 3 rings (SSSR count). The average molecular weight is 500 g/mol. The van der Waals surface area contributed by atoms with E-state index in [1.54, 1.807) is 22.8 Å². The Morgan fingerprint density at radius 2 is 1.88 bits per heavy atom. The molecule has 0 unspecified atom stereocenters. The fourth-order valence-electron chi connectivity index (χ4n) is 3.13. The molecule has 1 heterocycles. The summed E-state index contributed by atoms with van der Waals surface area (Å²) in [6.07, 6.45) is 0. The van der Waals surface area contributed by atoms with Crippen molar-refractivity contribution in [3.63, 3.8) is 0 Å². The number of nitriles is 1. The minimum absolute atomic E-state index is 0.00806. The van der Waals surface area contributed by atoms with Crippen molar-refractivity contribution >= 4 is 40.7 Å². The number of thioether (sulfide) groups is 1. The summed E-state index contributed by atoms with van der Waals surface area (Å²) in [5.74, 6) is -0.922. The fourth-order valence-corrected chi connectivity index (χ4v) is 4.36. The van der Waals surface area contributed by atoms with Gasteiger partial charge in [-0.15, -0.1) is 10.2 Å². The van der Waals surface area contributed by atoms with Gasteiger partial charge in [0.2, 0.25) is 0 Å². The second kappa shape index (κ2) is 10.0. The minimum atomic E-state index is -1.08. The molecule has 170 valence electrons. The third-order valence-electron chi connectivity index (χ3n) is 4.98. The first-order chi connectivity index (χ1) is 15.5. The molecule has 0 aliphatic heterocycles. The molecule has 33 heavy (non-hydrogen) atoms. The van der Waals surface area contributed by atoms with Crippen molar-refractivity contribution in [3.05, 3.63) is 70.3 Å². The molecule has 0 spiro atoms. The van der Waals surface area contributed by atoms with Gasteiger partial charge in [0, 0.05) is 11.3 Å². The van der Waals surface area contributed by atoms with E-state index in [4.69, 9.17) is 28.9 Å². The Morgan fingerprint density at radius 3 is 2.45 bits per heavy atom. The van der Waals surface area contributed by atoms with Gasteiger partial charge < -0.3 is 5.73 Å². The number of nitrogens with two attached hydrogens (primary N) is 1. The van der Waals surface area contributed by atoms with Crippen LogP contribution in [-0.2, 0) is 10.2 Å². The zero-order valence-electron chi connectivity index (χ0n) is 18.5. The van der Waals surface area contributed by atoms with Crippen molar-refractivity contribution in [2.75, 3.05) is 5.75 Å². The number of allylic oxidation sites excluding steroid dienone is 1. The summed E-state index contributed by atoms with van der Waals surface area (Å²) in [4.78, 5) is 12.5. The number of halogens is 2. The number of carbonyl (C=O) groups excluding carboxylic acids is 1. The van der Waals surface area contributed by atoms with E-state index in [1.807, 2.05) is 18.2 Å². The SMILES string of the molecule is C=C(N)[C@@H](C#N)C(=O)CSc1nnc(-c2ccc(C(C)(C)C)cc2)n1-c1cccc(Cl)c1Cl. The smallest absolute Gasteiger partial charge is 0.196 e. The van der Waals surface area contributed by atoms with Gasteiger partial charge >= 0.3 is 0 Å². The van der Waals surface area contributed by atoms with Crippen molar-refractivity contribution in [2.45, 2.75) is 31.3 Å². The highest BCUT2D eigenvalue weighted by Crippen LogP contribution is 2.35. The molecule has 0 bridgehead atoms. The Balaban J connectivity index is 2.06. The summed E-state index contributed by atoms with van der Waals surface area (Å²) in [5.41, 5.74) is 8.20. The van der Waals surface area contributed by atoms with E-state index in [9.17, 15) is 10.1 Å². The topological polar surface area (TPSA) is 97.6 Å². The Morgan fingerprint density at radius 1 is 1.21 bits per heavy atom. The van der Waals surface area contributed by atoms with Crippen LogP contribution >= 0.6 is 35.0 Å². The molecule has 1 atom stereocenters. The van der Waals surface area contributed by atoms with Crippen molar-refractivity contribution in [1.82, 2.24) is 14.8 Å². The van der Waals surface area contributed by atoms with Crippen LogP contribution < -0.4 is 5.73 Å². The Labute approximate surface area is 207 Å². The van der Waals surface area contributed by atoms with E-state index in [-0.39, 0.29) is 22.6 Å². The van der Waals surface area contributed by atoms with Gasteiger partial charge in [-0.25, -0.2) is 0 Å². The second-order valence-electron chi connectivity index (χ2n) is 8.43. The lowest BCUT2D eigenvalue weighted by atomic mass is 9.87. The molecular weight excluding hydrogens is 477 g/mol. The average Bonchev–Trinajstić information content (AvgIpc) is 3.17. The standard InChI is InChI=1S/C24H23Cl2N5OS/c1-14(28)17(12-27)20(32)13-33-23-30-29-22(15-8-10-16(11-9-15)24(2,3)4)31(23)19-7-5-6-18(25)21(19)26/h5-11,17H,1,13,28H2,2-4H3/t17-/m1/s1. The van der Waals surface area contributed by atoms with Crippen LogP contribution in [0, 0.1) is 17.2 Å². The number of rotatable bonds is 7. The van der Waals surface area contributed by atoms with Crippen molar-refractivity contribution < 1.29 is 4.79 Å². The first-order valence-electron chi connectivity index (χ1n) is 10.0. The normalized spacial score (nSPS) is 12.2. The first-order valence-corrected chi connectivity index (χ1v) is 11.8. The number of carbonyl (C=O) groups is 1. The van der Waals surface area contributed by atoms with E-state index in [2.05, 4.69) is 49.7 Å². The van der Waals surface area contributed by atoms with Gasteiger partial charge in [-0.2, -0.15) is 5.26 Å². The molecule has 2 N–H and O–H groups in total. The Hall–Kier alpha value is -2.79. The molecule has 0 aliphatic rings. The van der Waals surface area contributed by atoms with Crippen LogP contribution in [-0.4, -0.2) is 26.3 Å². The predicted molar refractivity (Wildman–Crippen MR) is 134 cm³/mol. The minimum Gasteiger partial charge on any atom is -0.401 e. The van der Waals surface area contributed by atoms with Crippen LogP contribution in [0.5, 0.6) is 0 Å². The third kappa shape index (κ3) is 5.41. The third-order valence-corrected chi connectivity index (χ3v) is 6.74. The van der Waals surface area contributed by atoms with Crippen molar-refractivity contribution in [2.24, 2.45) is 11.7 Å². The number of hydrogen-bond donors (Lipinski definition) is 1. The monoisotopic (exact) mass is 499 g/mol. The summed E-state index contributed by atoms with van der Waals surface area (Å²) in [7, 11) is 0. The van der Waals surface area contributed by atoms with Gasteiger partial charge in [-0.05, 0) is 23.1 Å². The Bertz CT molecular complexity index is 1240. The summed E-state index contributed by atoms with van der Waals surface area (Å²) < 4.78 is 1.76. The summed E-state index contributed by atoms with van der Waals surface area (Å²) in [5, 5.41) is 19.0. The van der Waals surface area contributed by atoms with Gasteiger partial charge in [0.25, 0.3) is 0 Å². The molecule has 2 aromatic carbocycles. The predicted octanol–water partition coefficient (Wildman–Crippen LogP) is 5.81. The molecular formula is C24H23Cl2N5OS. The molecule has 1 aromatic heterocycles. The van der Waals surface area contributed by atoms with E-state index in [1.165, 1.54) is 5.56 Å². The quantitative estimate of drug-likeness (QED) is 0.411. The number of Topliss-reactive ketones (excluding diaryl/α,β-unsaturated/α-hetero) is 1. The van der Waals surface area contributed by atoms with Crippen LogP contribution in [0.2, 0.25) is 10.0 Å². The van der Waals surface area contributed by atoms with Gasteiger partial charge in [0.05, 0.1) is 27.6 Å². The number of aromatic nitrogens is 3. The van der Waals surface area contributed by atoms with Crippen LogP contribution in [0.4, 0.5) is 0 Å². The summed E-state index contributed by atoms with van der Waals surface area (Å²) in [6, 6.07) is 15.2. The summed E-state index contributed by atoms with van der Waals surface area (Å²) >= 11 is 13.9. The van der Waals surface area contributed by atoms with Crippen LogP contribution in [0.15, 0.2) is 59.9 Å². The van der Waals surface area contributed by atoms with Crippen LogP contribution in [0.25, 0.3) is 17.1 Å². The molecule has 0 amide bonds. The molecule has 9 heteroatoms. The van der Waals surface area contributed by atoms with Crippen LogP contribution in [0.1, 0.15) is 26.3 Å². The molecule has 0 saturated heterocycles. The lowest BCUT2D eigenvalue weighted by Gasteiger charge is -2.19. The van der Waals surface area contributed by atoms with Crippen molar-refractivity contribution in [1.29, 1.82) is 5.26 Å². The van der Waals surface area contributed by atoms with E-state index < -0.39 is 5.92 Å². The van der Waals surface area contributed by atoms with E-state index in [0.717, 1.165) is 17.3 Å². The molecule has 3 aromatic rings. The highest BCUT2D eigenvalue weighted by atomic mass is 35.5. The Kier molecular flexibility index (Phi) is 7.53. The number of benzene rings is 2. The lowest BCUT2D eigenvalue weighted by Crippen LogP contribution is -2.21.